The maximum atomic E-state index is 13.5. The Morgan fingerprint density at radius 1 is 1.23 bits per heavy atom. The van der Waals surface area contributed by atoms with Gasteiger partial charge in [-0.05, 0) is 51.4 Å². The molecule has 0 aromatic carbocycles. The van der Waals surface area contributed by atoms with E-state index in [1.165, 1.54) is 11.3 Å². The van der Waals surface area contributed by atoms with Gasteiger partial charge in [-0.1, -0.05) is 0 Å². The van der Waals surface area contributed by atoms with Crippen molar-refractivity contribution in [2.45, 2.75) is 69.1 Å². The molecule has 3 aliphatic rings. The maximum Gasteiger partial charge on any atom is 0.274 e. The summed E-state index contributed by atoms with van der Waals surface area (Å²) in [6.07, 6.45) is 6.16. The number of rotatable bonds is 2. The van der Waals surface area contributed by atoms with E-state index >= 15 is 0 Å². The van der Waals surface area contributed by atoms with Crippen LogP contribution in [0.1, 0.15) is 61.9 Å². The average Bonchev–Trinajstić information content (AvgIpc) is 3.25. The van der Waals surface area contributed by atoms with Crippen molar-refractivity contribution < 1.29 is 14.7 Å². The molecular formula is C18H26N4O3S. The highest BCUT2D eigenvalue weighted by Crippen LogP contribution is 2.41. The van der Waals surface area contributed by atoms with Crippen LogP contribution >= 0.6 is 11.3 Å². The Kier molecular flexibility index (Phi) is 4.64. The number of carbonyl (C=O) groups is 2. The Hall–Kier alpha value is -1.67. The summed E-state index contributed by atoms with van der Waals surface area (Å²) in [6, 6.07) is 0.190. The van der Waals surface area contributed by atoms with Crippen molar-refractivity contribution in [2.24, 2.45) is 0 Å². The molecule has 4 rings (SSSR count). The summed E-state index contributed by atoms with van der Waals surface area (Å²) in [4.78, 5) is 34.4. The summed E-state index contributed by atoms with van der Waals surface area (Å²) in [6.45, 7) is 1.35. The SMILES string of the molecule is Nc1nc(C(=O)N2CCCC23CCCN(C2CCC(O)CC2)C3=O)cs1. The number of aliphatic hydroxyl groups is 1. The smallest absolute Gasteiger partial charge is 0.274 e. The Bertz CT molecular complexity index is 700. The normalized spacial score (nSPS) is 32.4. The van der Waals surface area contributed by atoms with Gasteiger partial charge in [0, 0.05) is 24.5 Å². The van der Waals surface area contributed by atoms with Crippen molar-refractivity contribution in [1.29, 1.82) is 0 Å². The third-order valence-corrected chi connectivity index (χ3v) is 6.90. The topological polar surface area (TPSA) is 99.8 Å². The lowest BCUT2D eigenvalue weighted by Crippen LogP contribution is -2.63. The predicted molar refractivity (Wildman–Crippen MR) is 98.7 cm³/mol. The quantitative estimate of drug-likeness (QED) is 0.815. The Balaban J connectivity index is 1.57. The molecule has 0 radical (unpaired) electrons. The van der Waals surface area contributed by atoms with Gasteiger partial charge in [0.25, 0.3) is 5.91 Å². The maximum absolute atomic E-state index is 13.5. The summed E-state index contributed by atoms with van der Waals surface area (Å²) in [7, 11) is 0. The molecule has 2 saturated heterocycles. The molecule has 8 heteroatoms. The highest BCUT2D eigenvalue weighted by Gasteiger charge is 2.54. The van der Waals surface area contributed by atoms with Gasteiger partial charge in [0.05, 0.1) is 6.10 Å². The number of carbonyl (C=O) groups excluding carboxylic acids is 2. The van der Waals surface area contributed by atoms with Crippen LogP contribution in [0, 0.1) is 0 Å². The van der Waals surface area contributed by atoms with Crippen molar-refractivity contribution in [1.82, 2.24) is 14.8 Å². The number of nitrogen functional groups attached to an aromatic ring is 1. The number of thiazole rings is 1. The van der Waals surface area contributed by atoms with E-state index in [1.54, 1.807) is 10.3 Å². The fourth-order valence-electron chi connectivity index (χ4n) is 4.92. The molecule has 1 atom stereocenters. The largest absolute Gasteiger partial charge is 0.393 e. The molecule has 142 valence electrons. The molecule has 1 unspecified atom stereocenters. The minimum atomic E-state index is -0.718. The standard InChI is InChI=1S/C18H26N4O3S/c19-17-20-14(11-26-17)15(24)22-10-2-8-18(22)7-1-9-21(16(18)25)12-3-5-13(23)6-4-12/h11-13,23H,1-10H2,(H2,19,20). The van der Waals surface area contributed by atoms with E-state index in [4.69, 9.17) is 5.73 Å². The second kappa shape index (κ2) is 6.81. The van der Waals surface area contributed by atoms with E-state index in [9.17, 15) is 14.7 Å². The van der Waals surface area contributed by atoms with Crippen molar-refractivity contribution >= 4 is 28.3 Å². The first-order valence-corrected chi connectivity index (χ1v) is 10.4. The van der Waals surface area contributed by atoms with E-state index in [2.05, 4.69) is 4.98 Å². The molecule has 3 N–H and O–H groups in total. The number of nitrogens with two attached hydrogens (primary N) is 1. The van der Waals surface area contributed by atoms with E-state index in [1.807, 2.05) is 4.90 Å². The summed E-state index contributed by atoms with van der Waals surface area (Å²) >= 11 is 1.25. The van der Waals surface area contributed by atoms with E-state index in [0.29, 0.717) is 17.4 Å². The molecule has 0 bridgehead atoms. The van der Waals surface area contributed by atoms with Crippen LogP contribution in [0.15, 0.2) is 5.38 Å². The molecule has 3 heterocycles. The molecule has 26 heavy (non-hydrogen) atoms. The van der Waals surface area contributed by atoms with E-state index in [0.717, 1.165) is 57.9 Å². The van der Waals surface area contributed by atoms with Gasteiger partial charge in [0.15, 0.2) is 5.13 Å². The number of amides is 2. The fourth-order valence-corrected chi connectivity index (χ4v) is 5.45. The highest BCUT2D eigenvalue weighted by atomic mass is 32.1. The lowest BCUT2D eigenvalue weighted by atomic mass is 9.82. The van der Waals surface area contributed by atoms with Crippen LogP contribution in [0.2, 0.25) is 0 Å². The zero-order chi connectivity index (χ0) is 18.3. The molecule has 3 fully saturated rings. The van der Waals surface area contributed by atoms with Gasteiger partial charge in [0.2, 0.25) is 5.91 Å². The van der Waals surface area contributed by atoms with Crippen LogP contribution < -0.4 is 5.73 Å². The van der Waals surface area contributed by atoms with Crippen LogP contribution in [-0.4, -0.2) is 62.5 Å². The fraction of sp³-hybridized carbons (Fsp3) is 0.722. The molecular weight excluding hydrogens is 352 g/mol. The van der Waals surface area contributed by atoms with Crippen LogP contribution in [-0.2, 0) is 4.79 Å². The minimum Gasteiger partial charge on any atom is -0.393 e. The monoisotopic (exact) mass is 378 g/mol. The van der Waals surface area contributed by atoms with Crippen LogP contribution in [0.5, 0.6) is 0 Å². The van der Waals surface area contributed by atoms with Crippen LogP contribution in [0.25, 0.3) is 0 Å². The third-order valence-electron chi connectivity index (χ3n) is 6.23. The van der Waals surface area contributed by atoms with Gasteiger partial charge in [0.1, 0.15) is 11.2 Å². The number of nitrogens with zero attached hydrogens (tertiary/aromatic N) is 3. The van der Waals surface area contributed by atoms with E-state index < -0.39 is 5.54 Å². The summed E-state index contributed by atoms with van der Waals surface area (Å²) < 4.78 is 0. The zero-order valence-electron chi connectivity index (χ0n) is 14.9. The van der Waals surface area contributed by atoms with Gasteiger partial charge in [-0.25, -0.2) is 4.98 Å². The number of aliphatic hydroxyl groups excluding tert-OH is 1. The Morgan fingerprint density at radius 2 is 1.92 bits per heavy atom. The van der Waals surface area contributed by atoms with Crippen molar-refractivity contribution in [3.63, 3.8) is 0 Å². The van der Waals surface area contributed by atoms with Gasteiger partial charge < -0.3 is 20.6 Å². The second-order valence-electron chi connectivity index (χ2n) is 7.73. The number of hydrogen-bond donors (Lipinski definition) is 2. The number of hydrogen-bond acceptors (Lipinski definition) is 6. The first kappa shape index (κ1) is 17.7. The van der Waals surface area contributed by atoms with E-state index in [-0.39, 0.29) is 24.0 Å². The number of likely N-dealkylation sites (tertiary alicyclic amines) is 2. The van der Waals surface area contributed by atoms with Gasteiger partial charge in [-0.15, -0.1) is 11.3 Å². The molecule has 2 amide bonds. The molecule has 2 aliphatic heterocycles. The summed E-state index contributed by atoms with van der Waals surface area (Å²) in [5.74, 6) is -0.0797. The Labute approximate surface area is 157 Å². The lowest BCUT2D eigenvalue weighted by molar-refractivity contribution is -0.149. The lowest BCUT2D eigenvalue weighted by Gasteiger charge is -2.48. The van der Waals surface area contributed by atoms with Gasteiger partial charge in [-0.2, -0.15) is 0 Å². The first-order chi connectivity index (χ1) is 12.5. The van der Waals surface area contributed by atoms with Crippen molar-refractivity contribution in [2.75, 3.05) is 18.8 Å². The van der Waals surface area contributed by atoms with Gasteiger partial charge >= 0.3 is 0 Å². The predicted octanol–water partition coefficient (Wildman–Crippen LogP) is 1.63. The van der Waals surface area contributed by atoms with Crippen molar-refractivity contribution in [3.8, 4) is 0 Å². The third kappa shape index (κ3) is 2.89. The number of anilines is 1. The second-order valence-corrected chi connectivity index (χ2v) is 8.62. The summed E-state index contributed by atoms with van der Waals surface area (Å²) in [5, 5.41) is 11.8. The van der Waals surface area contributed by atoms with Crippen LogP contribution in [0.4, 0.5) is 5.13 Å². The van der Waals surface area contributed by atoms with Crippen molar-refractivity contribution in [3.05, 3.63) is 11.1 Å². The average molecular weight is 378 g/mol. The molecule has 7 nitrogen and oxygen atoms in total. The minimum absolute atomic E-state index is 0.0965. The zero-order valence-corrected chi connectivity index (χ0v) is 15.7. The molecule has 1 aliphatic carbocycles. The molecule has 1 aromatic heterocycles. The van der Waals surface area contributed by atoms with Gasteiger partial charge in [-0.3, -0.25) is 9.59 Å². The molecule has 1 aromatic rings. The highest BCUT2D eigenvalue weighted by molar-refractivity contribution is 7.13. The summed E-state index contributed by atoms with van der Waals surface area (Å²) in [5.41, 5.74) is 5.31. The Morgan fingerprint density at radius 3 is 2.58 bits per heavy atom. The number of piperidine rings is 1. The van der Waals surface area contributed by atoms with Crippen LogP contribution in [0.3, 0.4) is 0 Å². The molecule has 1 spiro atoms. The first-order valence-electron chi connectivity index (χ1n) is 9.53. The molecule has 1 saturated carbocycles. The number of aromatic nitrogens is 1.